The van der Waals surface area contributed by atoms with Gasteiger partial charge in [-0.2, -0.15) is 0 Å². The average molecular weight is 292 g/mol. The predicted molar refractivity (Wildman–Crippen MR) is 83.1 cm³/mol. The van der Waals surface area contributed by atoms with Crippen LogP contribution in [0.4, 0.5) is 0 Å². The van der Waals surface area contributed by atoms with Crippen LogP contribution in [0, 0.1) is 0 Å². The van der Waals surface area contributed by atoms with Crippen LogP contribution in [-0.2, 0) is 4.79 Å². The molecule has 0 fully saturated rings. The number of nitrogens with zero attached hydrogens (tertiary/aromatic N) is 1. The molecule has 1 atom stereocenters. The summed E-state index contributed by atoms with van der Waals surface area (Å²) in [6, 6.07) is 9.41. The maximum absolute atomic E-state index is 11.9. The molecule has 6 nitrogen and oxygen atoms in total. The molecule has 0 aromatic heterocycles. The molecule has 1 amide bonds. The molecule has 0 aliphatic rings. The minimum Gasteiger partial charge on any atom is -0.409 e. The van der Waals surface area contributed by atoms with Crippen LogP contribution >= 0.6 is 0 Å². The van der Waals surface area contributed by atoms with Gasteiger partial charge in [0.25, 0.3) is 0 Å². The highest BCUT2D eigenvalue weighted by Gasteiger charge is 2.17. The summed E-state index contributed by atoms with van der Waals surface area (Å²) >= 11 is 0. The van der Waals surface area contributed by atoms with Gasteiger partial charge in [-0.3, -0.25) is 4.79 Å². The van der Waals surface area contributed by atoms with Crippen molar-refractivity contribution in [1.82, 2.24) is 10.6 Å². The smallest absolute Gasteiger partial charge is 0.234 e. The second-order valence-electron chi connectivity index (χ2n) is 5.94. The third-order valence-electron chi connectivity index (χ3n) is 2.77. The fourth-order valence-corrected chi connectivity index (χ4v) is 1.92. The summed E-state index contributed by atoms with van der Waals surface area (Å²) in [5.74, 6) is 0.0236. The first kappa shape index (κ1) is 17.0. The van der Waals surface area contributed by atoms with Crippen molar-refractivity contribution in [2.75, 3.05) is 6.54 Å². The topological polar surface area (TPSA) is 99.7 Å². The maximum atomic E-state index is 11.9. The fraction of sp³-hybridized carbons (Fsp3) is 0.467. The van der Waals surface area contributed by atoms with Gasteiger partial charge in [0.1, 0.15) is 5.84 Å². The number of amides is 1. The molecule has 0 aliphatic carbocycles. The lowest BCUT2D eigenvalue weighted by molar-refractivity contribution is -0.121. The second kappa shape index (κ2) is 7.64. The molecule has 0 aliphatic heterocycles. The Balaban J connectivity index is 2.68. The Kier molecular flexibility index (Phi) is 6.17. The molecule has 1 rings (SSSR count). The largest absolute Gasteiger partial charge is 0.409 e. The van der Waals surface area contributed by atoms with E-state index in [0.717, 1.165) is 5.56 Å². The zero-order valence-electron chi connectivity index (χ0n) is 12.8. The number of hydrogen-bond acceptors (Lipinski definition) is 4. The highest BCUT2D eigenvalue weighted by atomic mass is 16.4. The molecule has 6 heteroatoms. The van der Waals surface area contributed by atoms with Crippen LogP contribution in [0.5, 0.6) is 0 Å². The molecular formula is C15H24N4O2. The monoisotopic (exact) mass is 292 g/mol. The Hall–Kier alpha value is -2.08. The van der Waals surface area contributed by atoms with Gasteiger partial charge in [-0.1, -0.05) is 35.5 Å². The number of amidine groups is 1. The Bertz CT molecular complexity index is 480. The summed E-state index contributed by atoms with van der Waals surface area (Å²) in [5, 5.41) is 17.7. The van der Waals surface area contributed by atoms with Gasteiger partial charge in [-0.15, -0.1) is 0 Å². The molecule has 116 valence electrons. The summed E-state index contributed by atoms with van der Waals surface area (Å²) in [4.78, 5) is 11.9. The third-order valence-corrected chi connectivity index (χ3v) is 2.77. The van der Waals surface area contributed by atoms with E-state index < -0.39 is 0 Å². The van der Waals surface area contributed by atoms with Crippen LogP contribution in [0.25, 0.3) is 0 Å². The Morgan fingerprint density at radius 2 is 1.95 bits per heavy atom. The van der Waals surface area contributed by atoms with Crippen molar-refractivity contribution >= 4 is 11.7 Å². The number of hydrogen-bond donors (Lipinski definition) is 4. The standard InChI is InChI=1S/C15H24N4O2/c1-15(2,3)18-14(20)10-17-12(9-13(16)19-21)11-7-5-4-6-8-11/h4-8,12,17,21H,9-10H2,1-3H3,(H2,16,19)(H,18,20). The van der Waals surface area contributed by atoms with Crippen molar-refractivity contribution in [2.45, 2.75) is 38.8 Å². The molecule has 5 N–H and O–H groups in total. The highest BCUT2D eigenvalue weighted by molar-refractivity contribution is 5.81. The zero-order valence-corrected chi connectivity index (χ0v) is 12.8. The molecule has 0 radical (unpaired) electrons. The van der Waals surface area contributed by atoms with E-state index in [9.17, 15) is 4.79 Å². The first-order valence-electron chi connectivity index (χ1n) is 6.87. The van der Waals surface area contributed by atoms with Gasteiger partial charge in [0.2, 0.25) is 5.91 Å². The van der Waals surface area contributed by atoms with E-state index in [-0.39, 0.29) is 29.9 Å². The average Bonchev–Trinajstić information content (AvgIpc) is 2.42. The summed E-state index contributed by atoms with van der Waals surface area (Å²) in [6.07, 6.45) is 0.323. The first-order chi connectivity index (χ1) is 9.81. The molecule has 0 saturated heterocycles. The molecule has 0 heterocycles. The SMILES string of the molecule is CC(C)(C)NC(=O)CNC(C/C(N)=N/O)c1ccccc1. The van der Waals surface area contributed by atoms with E-state index in [1.165, 1.54) is 0 Å². The molecule has 0 saturated carbocycles. The number of carbonyl (C=O) groups is 1. The van der Waals surface area contributed by atoms with E-state index in [1.54, 1.807) is 0 Å². The lowest BCUT2D eigenvalue weighted by Crippen LogP contribution is -2.45. The van der Waals surface area contributed by atoms with Gasteiger partial charge in [-0.25, -0.2) is 0 Å². The quantitative estimate of drug-likeness (QED) is 0.275. The first-order valence-corrected chi connectivity index (χ1v) is 6.87. The van der Waals surface area contributed by atoms with Gasteiger partial charge >= 0.3 is 0 Å². The number of rotatable bonds is 6. The van der Waals surface area contributed by atoms with E-state index in [4.69, 9.17) is 10.9 Å². The van der Waals surface area contributed by atoms with Crippen molar-refractivity contribution < 1.29 is 10.0 Å². The van der Waals surface area contributed by atoms with Crippen molar-refractivity contribution in [2.24, 2.45) is 10.9 Å². The number of nitrogens with one attached hydrogen (secondary N) is 2. The van der Waals surface area contributed by atoms with Crippen LogP contribution in [0.3, 0.4) is 0 Å². The van der Waals surface area contributed by atoms with Crippen LogP contribution in [0.1, 0.15) is 38.8 Å². The minimum absolute atomic E-state index is 0.0945. The summed E-state index contributed by atoms with van der Waals surface area (Å²) < 4.78 is 0. The van der Waals surface area contributed by atoms with E-state index in [2.05, 4.69) is 15.8 Å². The van der Waals surface area contributed by atoms with Gasteiger partial charge in [0, 0.05) is 18.0 Å². The predicted octanol–water partition coefficient (Wildman–Crippen LogP) is 1.37. The van der Waals surface area contributed by atoms with Crippen molar-refractivity contribution in [3.05, 3.63) is 35.9 Å². The van der Waals surface area contributed by atoms with Gasteiger partial charge in [0.15, 0.2) is 0 Å². The molecule has 0 bridgehead atoms. The van der Waals surface area contributed by atoms with E-state index in [1.807, 2.05) is 51.1 Å². The normalized spacial score (nSPS) is 13.8. The third kappa shape index (κ3) is 6.76. The minimum atomic E-state index is -0.271. The molecule has 0 spiro atoms. The Morgan fingerprint density at radius 1 is 1.33 bits per heavy atom. The van der Waals surface area contributed by atoms with Crippen LogP contribution in [-0.4, -0.2) is 29.0 Å². The summed E-state index contributed by atoms with van der Waals surface area (Å²) in [5.41, 5.74) is 6.29. The number of oxime groups is 1. The molecule has 1 unspecified atom stereocenters. The second-order valence-corrected chi connectivity index (χ2v) is 5.94. The molecule has 1 aromatic carbocycles. The van der Waals surface area contributed by atoms with Crippen LogP contribution in [0.2, 0.25) is 0 Å². The van der Waals surface area contributed by atoms with Crippen molar-refractivity contribution in [1.29, 1.82) is 0 Å². The van der Waals surface area contributed by atoms with Gasteiger partial charge in [0.05, 0.1) is 6.54 Å². The summed E-state index contributed by atoms with van der Waals surface area (Å²) in [6.45, 7) is 5.94. The van der Waals surface area contributed by atoms with E-state index >= 15 is 0 Å². The van der Waals surface area contributed by atoms with Gasteiger partial charge < -0.3 is 21.6 Å². The number of nitrogens with two attached hydrogens (primary N) is 1. The lowest BCUT2D eigenvalue weighted by atomic mass is 10.0. The van der Waals surface area contributed by atoms with E-state index in [0.29, 0.717) is 6.42 Å². The summed E-state index contributed by atoms with van der Waals surface area (Å²) in [7, 11) is 0. The fourth-order valence-electron chi connectivity index (χ4n) is 1.92. The lowest BCUT2D eigenvalue weighted by Gasteiger charge is -2.23. The number of benzene rings is 1. The Morgan fingerprint density at radius 3 is 2.48 bits per heavy atom. The maximum Gasteiger partial charge on any atom is 0.234 e. The van der Waals surface area contributed by atoms with Gasteiger partial charge in [-0.05, 0) is 26.3 Å². The molecule has 1 aromatic rings. The van der Waals surface area contributed by atoms with Crippen LogP contribution in [0.15, 0.2) is 35.5 Å². The van der Waals surface area contributed by atoms with Crippen molar-refractivity contribution in [3.63, 3.8) is 0 Å². The van der Waals surface area contributed by atoms with Crippen molar-refractivity contribution in [3.8, 4) is 0 Å². The van der Waals surface area contributed by atoms with Crippen LogP contribution < -0.4 is 16.4 Å². The highest BCUT2D eigenvalue weighted by Crippen LogP contribution is 2.16. The molecular weight excluding hydrogens is 268 g/mol. The Labute approximate surface area is 125 Å². The number of carbonyl (C=O) groups excluding carboxylic acids is 1. The molecule has 21 heavy (non-hydrogen) atoms. The zero-order chi connectivity index (χ0) is 15.9.